The Morgan fingerprint density at radius 3 is 2.69 bits per heavy atom. The molecule has 0 atom stereocenters. The van der Waals surface area contributed by atoms with Crippen LogP contribution in [0.2, 0.25) is 0 Å². The van der Waals surface area contributed by atoms with E-state index in [2.05, 4.69) is 10.8 Å². The fourth-order valence-electron chi connectivity index (χ4n) is 1.76. The van der Waals surface area contributed by atoms with Crippen LogP contribution in [0.15, 0.2) is 12.1 Å². The molecule has 0 heterocycles. The van der Waals surface area contributed by atoms with E-state index in [1.54, 1.807) is 0 Å². The molecule has 0 bridgehead atoms. The number of aryl methyl sites for hydroxylation is 1. The smallest absolute Gasteiger partial charge is 0.309 e. The number of esters is 1. The van der Waals surface area contributed by atoms with Gasteiger partial charge in [0.25, 0.3) is 0 Å². The predicted octanol–water partition coefficient (Wildman–Crippen LogP) is 2.14. The summed E-state index contributed by atoms with van der Waals surface area (Å²) in [5.74, 6) is -0.276. The van der Waals surface area contributed by atoms with E-state index in [1.165, 1.54) is 7.11 Å². The highest BCUT2D eigenvalue weighted by Crippen LogP contribution is 2.19. The number of nitrogens with zero attached hydrogens (tertiary/aromatic N) is 1. The molecule has 0 N–H and O–H groups in total. The molecule has 0 saturated carbocycles. The van der Waals surface area contributed by atoms with Crippen molar-refractivity contribution in [1.29, 1.82) is 5.26 Å². The molecule has 1 aromatic rings. The molecular formula is C13H15NO2. The number of hydrogen-bond donors (Lipinski definition) is 0. The van der Waals surface area contributed by atoms with Crippen molar-refractivity contribution in [3.05, 3.63) is 34.4 Å². The summed E-state index contributed by atoms with van der Waals surface area (Å²) in [5.41, 5.74) is 3.47. The van der Waals surface area contributed by atoms with E-state index >= 15 is 0 Å². The average Bonchev–Trinajstić information content (AvgIpc) is 2.30. The predicted molar refractivity (Wildman–Crippen MR) is 61.0 cm³/mol. The van der Waals surface area contributed by atoms with Gasteiger partial charge in [-0.1, -0.05) is 19.1 Å². The fourth-order valence-corrected chi connectivity index (χ4v) is 1.76. The van der Waals surface area contributed by atoms with Crippen molar-refractivity contribution in [3.8, 4) is 6.07 Å². The normalized spacial score (nSPS) is 9.62. The molecule has 84 valence electrons. The summed E-state index contributed by atoms with van der Waals surface area (Å²) in [4.78, 5) is 11.2. The van der Waals surface area contributed by atoms with Gasteiger partial charge in [0, 0.05) is 0 Å². The SMILES string of the molecule is CCc1c(CC(=O)OC)ccc(C)c1C#N. The summed E-state index contributed by atoms with van der Waals surface area (Å²) < 4.78 is 4.64. The van der Waals surface area contributed by atoms with Gasteiger partial charge in [0.1, 0.15) is 0 Å². The first-order valence-electron chi connectivity index (χ1n) is 5.22. The quantitative estimate of drug-likeness (QED) is 0.729. The highest BCUT2D eigenvalue weighted by molar-refractivity contribution is 5.73. The number of hydrogen-bond acceptors (Lipinski definition) is 3. The van der Waals surface area contributed by atoms with Crippen LogP contribution in [0.3, 0.4) is 0 Å². The molecule has 0 fully saturated rings. The van der Waals surface area contributed by atoms with Gasteiger partial charge in [0.15, 0.2) is 0 Å². The number of ether oxygens (including phenoxy) is 1. The second kappa shape index (κ2) is 5.32. The maximum atomic E-state index is 11.2. The maximum Gasteiger partial charge on any atom is 0.309 e. The molecule has 0 radical (unpaired) electrons. The van der Waals surface area contributed by atoms with Gasteiger partial charge < -0.3 is 4.74 Å². The summed E-state index contributed by atoms with van der Waals surface area (Å²) in [5, 5.41) is 9.08. The summed E-state index contributed by atoms with van der Waals surface area (Å²) in [6.07, 6.45) is 0.978. The van der Waals surface area contributed by atoms with Crippen molar-refractivity contribution in [2.24, 2.45) is 0 Å². The molecule has 0 spiro atoms. The van der Waals surface area contributed by atoms with Crippen LogP contribution in [0, 0.1) is 18.3 Å². The van der Waals surface area contributed by atoms with Crippen LogP contribution in [0.5, 0.6) is 0 Å². The number of methoxy groups -OCH3 is 1. The maximum absolute atomic E-state index is 11.2. The zero-order chi connectivity index (χ0) is 12.1. The summed E-state index contributed by atoms with van der Waals surface area (Å²) in [7, 11) is 1.37. The van der Waals surface area contributed by atoms with Gasteiger partial charge in [0.05, 0.1) is 25.2 Å². The molecule has 1 rings (SSSR count). The summed E-state index contributed by atoms with van der Waals surface area (Å²) in [6, 6.07) is 5.96. The highest BCUT2D eigenvalue weighted by Gasteiger charge is 2.12. The Labute approximate surface area is 95.7 Å². The Hall–Kier alpha value is -1.82. The van der Waals surface area contributed by atoms with Crippen LogP contribution in [-0.4, -0.2) is 13.1 Å². The molecule has 0 aliphatic carbocycles. The first-order chi connectivity index (χ1) is 7.63. The lowest BCUT2D eigenvalue weighted by Gasteiger charge is -2.10. The third-order valence-electron chi connectivity index (χ3n) is 2.65. The summed E-state index contributed by atoms with van der Waals surface area (Å²) >= 11 is 0. The largest absolute Gasteiger partial charge is 0.469 e. The average molecular weight is 217 g/mol. The van der Waals surface area contributed by atoms with E-state index in [1.807, 2.05) is 26.0 Å². The van der Waals surface area contributed by atoms with Gasteiger partial charge in [-0.3, -0.25) is 4.79 Å². The Balaban J connectivity index is 3.21. The van der Waals surface area contributed by atoms with Crippen molar-refractivity contribution in [2.45, 2.75) is 26.7 Å². The lowest BCUT2D eigenvalue weighted by molar-refractivity contribution is -0.139. The van der Waals surface area contributed by atoms with Crippen molar-refractivity contribution in [1.82, 2.24) is 0 Å². The lowest BCUT2D eigenvalue weighted by atomic mass is 9.94. The lowest BCUT2D eigenvalue weighted by Crippen LogP contribution is -2.08. The third kappa shape index (κ3) is 2.40. The van der Waals surface area contributed by atoms with Crippen molar-refractivity contribution < 1.29 is 9.53 Å². The molecule has 0 amide bonds. The van der Waals surface area contributed by atoms with Crippen LogP contribution >= 0.6 is 0 Å². The van der Waals surface area contributed by atoms with Crippen LogP contribution < -0.4 is 0 Å². The van der Waals surface area contributed by atoms with Crippen molar-refractivity contribution >= 4 is 5.97 Å². The molecule has 0 saturated heterocycles. The molecule has 3 nitrogen and oxygen atoms in total. The molecule has 0 unspecified atom stereocenters. The monoisotopic (exact) mass is 217 g/mol. The van der Waals surface area contributed by atoms with E-state index in [9.17, 15) is 4.79 Å². The molecule has 3 heteroatoms. The minimum atomic E-state index is -0.276. The van der Waals surface area contributed by atoms with Gasteiger partial charge in [-0.05, 0) is 30.0 Å². The van der Waals surface area contributed by atoms with Gasteiger partial charge >= 0.3 is 5.97 Å². The van der Waals surface area contributed by atoms with Crippen LogP contribution in [0.1, 0.15) is 29.2 Å². The topological polar surface area (TPSA) is 50.1 Å². The van der Waals surface area contributed by atoms with E-state index in [0.29, 0.717) is 5.56 Å². The number of nitriles is 1. The standard InChI is InChI=1S/C13H15NO2/c1-4-11-10(7-13(15)16-3)6-5-9(2)12(11)8-14/h5-6H,4,7H2,1-3H3. The zero-order valence-corrected chi connectivity index (χ0v) is 9.83. The van der Waals surface area contributed by atoms with Gasteiger partial charge in [-0.15, -0.1) is 0 Å². The molecule has 16 heavy (non-hydrogen) atoms. The van der Waals surface area contributed by atoms with Crippen molar-refractivity contribution in [2.75, 3.05) is 7.11 Å². The molecule has 1 aromatic carbocycles. The van der Waals surface area contributed by atoms with Crippen LogP contribution in [0.4, 0.5) is 0 Å². The first kappa shape index (κ1) is 12.3. The van der Waals surface area contributed by atoms with Crippen LogP contribution in [0.25, 0.3) is 0 Å². The van der Waals surface area contributed by atoms with E-state index in [-0.39, 0.29) is 12.4 Å². The Kier molecular flexibility index (Phi) is 4.07. The minimum Gasteiger partial charge on any atom is -0.469 e. The van der Waals surface area contributed by atoms with E-state index < -0.39 is 0 Å². The number of benzene rings is 1. The second-order valence-electron chi connectivity index (χ2n) is 3.61. The molecule has 0 aliphatic rings. The number of carbonyl (C=O) groups excluding carboxylic acids is 1. The minimum absolute atomic E-state index is 0.231. The Bertz CT molecular complexity index is 444. The molecule has 0 aliphatic heterocycles. The Morgan fingerprint density at radius 1 is 1.50 bits per heavy atom. The Morgan fingerprint density at radius 2 is 2.19 bits per heavy atom. The highest BCUT2D eigenvalue weighted by atomic mass is 16.5. The van der Waals surface area contributed by atoms with Gasteiger partial charge in [-0.25, -0.2) is 0 Å². The molecular weight excluding hydrogens is 202 g/mol. The molecule has 0 aromatic heterocycles. The number of rotatable bonds is 3. The summed E-state index contributed by atoms with van der Waals surface area (Å²) in [6.45, 7) is 3.88. The third-order valence-corrected chi connectivity index (χ3v) is 2.65. The van der Waals surface area contributed by atoms with E-state index in [0.717, 1.165) is 23.1 Å². The van der Waals surface area contributed by atoms with Crippen molar-refractivity contribution in [3.63, 3.8) is 0 Å². The zero-order valence-electron chi connectivity index (χ0n) is 9.83. The van der Waals surface area contributed by atoms with Crippen LogP contribution in [-0.2, 0) is 22.4 Å². The first-order valence-corrected chi connectivity index (χ1v) is 5.22. The number of carbonyl (C=O) groups is 1. The fraction of sp³-hybridized carbons (Fsp3) is 0.385. The van der Waals surface area contributed by atoms with Gasteiger partial charge in [0.2, 0.25) is 0 Å². The van der Waals surface area contributed by atoms with Gasteiger partial charge in [-0.2, -0.15) is 5.26 Å². The van der Waals surface area contributed by atoms with E-state index in [4.69, 9.17) is 5.26 Å². The second-order valence-corrected chi connectivity index (χ2v) is 3.61.